The van der Waals surface area contributed by atoms with Crippen LogP contribution in [0.25, 0.3) is 0 Å². The van der Waals surface area contributed by atoms with Crippen molar-refractivity contribution >= 4 is 11.9 Å². The fourth-order valence-electron chi connectivity index (χ4n) is 2.55. The Morgan fingerprint density at radius 3 is 2.43 bits per heavy atom. The topological polar surface area (TPSA) is 84.9 Å². The summed E-state index contributed by atoms with van der Waals surface area (Å²) in [5.74, 6) is -1.92. The third-order valence-corrected chi connectivity index (χ3v) is 3.90. The zero-order valence-electron chi connectivity index (χ0n) is 15.2. The molecule has 0 spiro atoms. The van der Waals surface area contributed by atoms with Crippen molar-refractivity contribution in [1.29, 1.82) is 0 Å². The molecule has 0 aromatic heterocycles. The predicted octanol–water partition coefficient (Wildman–Crippen LogP) is 3.36. The normalized spacial score (nSPS) is 11.7. The number of hydrogen-bond donors (Lipinski definition) is 2. The lowest BCUT2D eigenvalue weighted by atomic mass is 9.99. The number of rotatable bonds is 10. The number of aliphatic carboxylic acids is 1. The van der Waals surface area contributed by atoms with Crippen molar-refractivity contribution in [1.82, 2.24) is 5.32 Å². The average Bonchev–Trinajstić information content (AvgIpc) is 2.66. The van der Waals surface area contributed by atoms with Gasteiger partial charge < -0.3 is 19.9 Å². The number of hydrogen-bond acceptors (Lipinski definition) is 4. The van der Waals surface area contributed by atoms with Gasteiger partial charge in [0.1, 0.15) is 11.5 Å². The first-order valence-electron chi connectivity index (χ1n) is 8.66. The largest absolute Gasteiger partial charge is 0.494 e. The summed E-state index contributed by atoms with van der Waals surface area (Å²) in [6.45, 7) is -0.704. The molecule has 28 heavy (non-hydrogen) atoms. The van der Waals surface area contributed by atoms with Gasteiger partial charge in [-0.3, -0.25) is 9.59 Å². The molecule has 150 valence electrons. The van der Waals surface area contributed by atoms with E-state index < -0.39 is 24.4 Å². The van der Waals surface area contributed by atoms with Crippen molar-refractivity contribution in [2.24, 2.45) is 5.92 Å². The molecule has 0 aliphatic heterocycles. The third-order valence-electron chi connectivity index (χ3n) is 3.90. The van der Waals surface area contributed by atoms with Gasteiger partial charge in [-0.1, -0.05) is 18.2 Å². The molecule has 0 saturated heterocycles. The molecule has 0 heterocycles. The van der Waals surface area contributed by atoms with Gasteiger partial charge in [0.25, 0.3) is 5.91 Å². The molecule has 0 bridgehead atoms. The lowest BCUT2D eigenvalue weighted by Crippen LogP contribution is -2.34. The third kappa shape index (κ3) is 6.53. The van der Waals surface area contributed by atoms with E-state index in [1.54, 1.807) is 24.3 Å². The first kappa shape index (κ1) is 21.1. The van der Waals surface area contributed by atoms with Crippen LogP contribution in [0.1, 0.15) is 22.8 Å². The van der Waals surface area contributed by atoms with Gasteiger partial charge in [-0.05, 0) is 49.2 Å². The van der Waals surface area contributed by atoms with Gasteiger partial charge in [-0.25, -0.2) is 0 Å². The predicted molar refractivity (Wildman–Crippen MR) is 97.8 cm³/mol. The summed E-state index contributed by atoms with van der Waals surface area (Å²) in [4.78, 5) is 23.7. The Hall–Kier alpha value is -3.16. The summed E-state index contributed by atoms with van der Waals surface area (Å²) in [6.07, 6.45) is 0.219. The Morgan fingerprint density at radius 1 is 1.11 bits per heavy atom. The van der Waals surface area contributed by atoms with Crippen molar-refractivity contribution in [2.45, 2.75) is 20.0 Å². The van der Waals surface area contributed by atoms with Crippen molar-refractivity contribution in [2.75, 3.05) is 13.2 Å². The van der Waals surface area contributed by atoms with E-state index in [-0.39, 0.29) is 24.3 Å². The molecule has 0 saturated carbocycles. The van der Waals surface area contributed by atoms with Crippen LogP contribution in [0.5, 0.6) is 11.5 Å². The number of carboxylic acids is 1. The van der Waals surface area contributed by atoms with Gasteiger partial charge in [-0.2, -0.15) is 8.78 Å². The summed E-state index contributed by atoms with van der Waals surface area (Å²) in [5, 5.41) is 11.9. The fraction of sp³-hybridized carbons (Fsp3) is 0.300. The van der Waals surface area contributed by atoms with Crippen LogP contribution in [0.4, 0.5) is 8.78 Å². The van der Waals surface area contributed by atoms with E-state index in [4.69, 9.17) is 4.74 Å². The highest BCUT2D eigenvalue weighted by atomic mass is 19.3. The maximum Gasteiger partial charge on any atom is 0.387 e. The molecule has 0 aliphatic carbocycles. The van der Waals surface area contributed by atoms with Gasteiger partial charge in [0.05, 0.1) is 12.5 Å². The molecule has 2 aromatic carbocycles. The summed E-state index contributed by atoms with van der Waals surface area (Å²) in [5.41, 5.74) is 0.890. The second kappa shape index (κ2) is 10.2. The summed E-state index contributed by atoms with van der Waals surface area (Å²) < 4.78 is 34.2. The first-order valence-corrected chi connectivity index (χ1v) is 8.66. The molecular formula is C20H21F2NO5. The fourth-order valence-corrected chi connectivity index (χ4v) is 2.55. The number of alkyl halides is 2. The standard InChI is InChI=1S/C20H21F2NO5/c1-2-27-16-8-6-13(7-9-16)10-15(19(25)26)12-23-18(24)14-4-3-5-17(11-14)28-20(21)22/h3-9,11,15,20H,2,10,12H2,1H3,(H,23,24)(H,25,26). The van der Waals surface area contributed by atoms with Crippen LogP contribution >= 0.6 is 0 Å². The number of carboxylic acid groups (broad SMARTS) is 1. The zero-order valence-corrected chi connectivity index (χ0v) is 15.2. The van der Waals surface area contributed by atoms with E-state index >= 15 is 0 Å². The van der Waals surface area contributed by atoms with Crippen LogP contribution in [-0.2, 0) is 11.2 Å². The Kier molecular flexibility index (Phi) is 7.74. The Balaban J connectivity index is 1.97. The SMILES string of the molecule is CCOc1ccc(CC(CNC(=O)c2cccc(OC(F)F)c2)C(=O)O)cc1. The molecule has 0 aliphatic rings. The van der Waals surface area contributed by atoms with Gasteiger partial charge >= 0.3 is 12.6 Å². The van der Waals surface area contributed by atoms with Crippen molar-refractivity contribution in [3.05, 3.63) is 59.7 Å². The van der Waals surface area contributed by atoms with Crippen molar-refractivity contribution in [3.63, 3.8) is 0 Å². The molecule has 8 heteroatoms. The number of nitrogens with one attached hydrogen (secondary N) is 1. The van der Waals surface area contributed by atoms with Gasteiger partial charge in [0.15, 0.2) is 0 Å². The van der Waals surface area contributed by atoms with Crippen LogP contribution in [0, 0.1) is 5.92 Å². The number of amides is 1. The first-order chi connectivity index (χ1) is 13.4. The minimum Gasteiger partial charge on any atom is -0.494 e. The second-order valence-corrected chi connectivity index (χ2v) is 5.93. The molecular weight excluding hydrogens is 372 g/mol. The molecule has 6 nitrogen and oxygen atoms in total. The molecule has 1 unspecified atom stereocenters. The molecule has 1 atom stereocenters. The van der Waals surface area contributed by atoms with Gasteiger partial charge in [0.2, 0.25) is 0 Å². The lowest BCUT2D eigenvalue weighted by Gasteiger charge is -2.14. The van der Waals surface area contributed by atoms with E-state index in [2.05, 4.69) is 10.1 Å². The highest BCUT2D eigenvalue weighted by Crippen LogP contribution is 2.17. The average molecular weight is 393 g/mol. The smallest absolute Gasteiger partial charge is 0.387 e. The van der Waals surface area contributed by atoms with Gasteiger partial charge in [-0.15, -0.1) is 0 Å². The highest BCUT2D eigenvalue weighted by Gasteiger charge is 2.20. The summed E-state index contributed by atoms with van der Waals surface area (Å²) in [6, 6.07) is 12.4. The minimum atomic E-state index is -3.00. The van der Waals surface area contributed by atoms with Crippen LogP contribution in [-0.4, -0.2) is 36.7 Å². The minimum absolute atomic E-state index is 0.100. The number of carbonyl (C=O) groups excluding carboxylic acids is 1. The van der Waals surface area contributed by atoms with Crippen LogP contribution in [0.3, 0.4) is 0 Å². The molecule has 2 aromatic rings. The van der Waals surface area contributed by atoms with E-state index in [1.165, 1.54) is 24.3 Å². The maximum atomic E-state index is 12.3. The second-order valence-electron chi connectivity index (χ2n) is 5.93. The molecule has 2 N–H and O–H groups in total. The van der Waals surface area contributed by atoms with Crippen LogP contribution in [0.15, 0.2) is 48.5 Å². The van der Waals surface area contributed by atoms with E-state index in [9.17, 15) is 23.5 Å². The number of ether oxygens (including phenoxy) is 2. The van der Waals surface area contributed by atoms with Crippen LogP contribution in [0.2, 0.25) is 0 Å². The van der Waals surface area contributed by atoms with Crippen molar-refractivity contribution in [3.8, 4) is 11.5 Å². The van der Waals surface area contributed by atoms with E-state index in [1.807, 2.05) is 6.92 Å². The summed E-state index contributed by atoms with van der Waals surface area (Å²) in [7, 11) is 0. The Bertz CT molecular complexity index is 795. The zero-order chi connectivity index (χ0) is 20.5. The monoisotopic (exact) mass is 393 g/mol. The number of carbonyl (C=O) groups is 2. The molecule has 0 radical (unpaired) electrons. The highest BCUT2D eigenvalue weighted by molar-refractivity contribution is 5.94. The Morgan fingerprint density at radius 2 is 1.82 bits per heavy atom. The van der Waals surface area contributed by atoms with E-state index in [0.29, 0.717) is 12.4 Å². The maximum absolute atomic E-state index is 12.3. The van der Waals surface area contributed by atoms with E-state index in [0.717, 1.165) is 5.56 Å². The van der Waals surface area contributed by atoms with Crippen molar-refractivity contribution < 1.29 is 33.0 Å². The molecule has 2 rings (SSSR count). The van der Waals surface area contributed by atoms with Gasteiger partial charge in [0, 0.05) is 12.1 Å². The molecule has 1 amide bonds. The lowest BCUT2D eigenvalue weighted by molar-refractivity contribution is -0.141. The number of benzene rings is 2. The number of halogens is 2. The Labute approximate surface area is 161 Å². The summed E-state index contributed by atoms with van der Waals surface area (Å²) >= 11 is 0. The quantitative estimate of drug-likeness (QED) is 0.647. The van der Waals surface area contributed by atoms with Crippen LogP contribution < -0.4 is 14.8 Å². The molecule has 0 fully saturated rings.